The van der Waals surface area contributed by atoms with E-state index in [2.05, 4.69) is 4.57 Å². The average Bonchev–Trinajstić information content (AvgIpc) is 3.09. The van der Waals surface area contributed by atoms with Crippen molar-refractivity contribution in [2.45, 2.75) is 20.5 Å². The van der Waals surface area contributed by atoms with Crippen LogP contribution in [0, 0.1) is 13.8 Å². The lowest BCUT2D eigenvalue weighted by Gasteiger charge is -2.11. The van der Waals surface area contributed by atoms with Crippen LogP contribution in [0.25, 0.3) is 16.7 Å². The Morgan fingerprint density at radius 3 is 2.33 bits per heavy atom. The van der Waals surface area contributed by atoms with Crippen molar-refractivity contribution in [1.82, 2.24) is 4.57 Å². The maximum absolute atomic E-state index is 12.5. The molecule has 0 aliphatic carbocycles. The second kappa shape index (κ2) is 7.91. The van der Waals surface area contributed by atoms with Crippen LogP contribution in [-0.2, 0) is 11.3 Å². The summed E-state index contributed by atoms with van der Waals surface area (Å²) < 4.78 is 17.9. The van der Waals surface area contributed by atoms with Crippen molar-refractivity contribution >= 4 is 16.9 Å². The zero-order valence-corrected chi connectivity index (χ0v) is 17.0. The van der Waals surface area contributed by atoms with Gasteiger partial charge in [0, 0.05) is 40.2 Å². The van der Waals surface area contributed by atoms with E-state index in [1.54, 1.807) is 30.3 Å². The topological polar surface area (TPSA) is 70.7 Å². The molecule has 4 aromatic rings. The predicted molar refractivity (Wildman–Crippen MR) is 113 cm³/mol. The second-order valence-corrected chi connectivity index (χ2v) is 7.03. The molecule has 6 heteroatoms. The number of carbonyl (C=O) groups is 1. The van der Waals surface area contributed by atoms with Crippen LogP contribution in [0.15, 0.2) is 69.9 Å². The van der Waals surface area contributed by atoms with E-state index in [4.69, 9.17) is 13.9 Å². The maximum Gasteiger partial charge on any atom is 0.338 e. The standard InChI is InChI=1S/C24H21NO5/c1-15-4-5-16(2)25(15)19-8-6-17(7-9-19)24(27)29-14-18-12-23(26)30-22-13-20(28-3)10-11-21(18)22/h4-13H,14H2,1-3H3. The van der Waals surface area contributed by atoms with Crippen molar-refractivity contribution in [3.8, 4) is 11.4 Å². The molecule has 0 N–H and O–H groups in total. The highest BCUT2D eigenvalue weighted by atomic mass is 16.5. The third-order valence-electron chi connectivity index (χ3n) is 5.03. The number of methoxy groups -OCH3 is 1. The SMILES string of the molecule is COc1ccc2c(COC(=O)c3ccc(-n4c(C)ccc4C)cc3)cc(=O)oc2c1. The van der Waals surface area contributed by atoms with Gasteiger partial charge in [-0.3, -0.25) is 0 Å². The lowest BCUT2D eigenvalue weighted by atomic mass is 10.1. The van der Waals surface area contributed by atoms with E-state index in [1.165, 1.54) is 13.2 Å². The number of aryl methyl sites for hydroxylation is 2. The molecule has 2 aromatic carbocycles. The molecule has 4 rings (SSSR count). The number of hydrogen-bond donors (Lipinski definition) is 0. The molecular formula is C24H21NO5. The maximum atomic E-state index is 12.5. The van der Waals surface area contributed by atoms with Crippen molar-refractivity contribution in [3.63, 3.8) is 0 Å². The smallest absolute Gasteiger partial charge is 0.338 e. The molecule has 0 saturated carbocycles. The van der Waals surface area contributed by atoms with Crippen molar-refractivity contribution < 1.29 is 18.7 Å². The molecule has 0 aliphatic heterocycles. The van der Waals surface area contributed by atoms with Gasteiger partial charge in [0.05, 0.1) is 12.7 Å². The summed E-state index contributed by atoms with van der Waals surface area (Å²) in [5.74, 6) is 0.116. The van der Waals surface area contributed by atoms with Crippen molar-refractivity contribution in [1.29, 1.82) is 0 Å². The minimum absolute atomic E-state index is 0.0369. The van der Waals surface area contributed by atoms with Crippen LogP contribution in [0.1, 0.15) is 27.3 Å². The van der Waals surface area contributed by atoms with Gasteiger partial charge < -0.3 is 18.5 Å². The van der Waals surface area contributed by atoms with Crippen molar-refractivity contribution in [2.24, 2.45) is 0 Å². The zero-order valence-electron chi connectivity index (χ0n) is 17.0. The van der Waals surface area contributed by atoms with E-state index in [1.807, 2.05) is 38.1 Å². The minimum Gasteiger partial charge on any atom is -0.497 e. The van der Waals surface area contributed by atoms with Crippen LogP contribution in [0.2, 0.25) is 0 Å². The Balaban J connectivity index is 1.53. The number of carbonyl (C=O) groups excluding carboxylic acids is 1. The number of benzene rings is 2. The molecule has 0 bridgehead atoms. The van der Waals surface area contributed by atoms with Gasteiger partial charge in [-0.15, -0.1) is 0 Å². The molecule has 2 aromatic heterocycles. The van der Waals surface area contributed by atoms with Gasteiger partial charge in [0.1, 0.15) is 17.9 Å². The Labute approximate surface area is 173 Å². The lowest BCUT2D eigenvalue weighted by molar-refractivity contribution is 0.0474. The highest BCUT2D eigenvalue weighted by Crippen LogP contribution is 2.23. The van der Waals surface area contributed by atoms with Gasteiger partial charge in [-0.1, -0.05) is 0 Å². The Hall–Kier alpha value is -3.80. The Bertz CT molecular complexity index is 1260. The molecule has 0 spiro atoms. The molecule has 0 saturated heterocycles. The van der Waals surface area contributed by atoms with Crippen LogP contribution in [0.3, 0.4) is 0 Å². The van der Waals surface area contributed by atoms with Crippen LogP contribution in [-0.4, -0.2) is 17.6 Å². The summed E-state index contributed by atoms with van der Waals surface area (Å²) in [6.45, 7) is 4.03. The third kappa shape index (κ3) is 3.72. The van der Waals surface area contributed by atoms with E-state index in [9.17, 15) is 9.59 Å². The summed E-state index contributed by atoms with van der Waals surface area (Å²) in [6, 6.07) is 17.8. The Kier molecular flexibility index (Phi) is 5.14. The van der Waals surface area contributed by atoms with Gasteiger partial charge in [0.2, 0.25) is 0 Å². The fourth-order valence-electron chi connectivity index (χ4n) is 3.51. The molecule has 0 atom stereocenters. The minimum atomic E-state index is -0.511. The van der Waals surface area contributed by atoms with Gasteiger partial charge in [-0.05, 0) is 62.4 Å². The monoisotopic (exact) mass is 403 g/mol. The summed E-state index contributed by atoms with van der Waals surface area (Å²) >= 11 is 0. The summed E-state index contributed by atoms with van der Waals surface area (Å²) in [5.41, 5.74) is 4.11. The van der Waals surface area contributed by atoms with Crippen molar-refractivity contribution in [2.75, 3.05) is 7.11 Å². The zero-order chi connectivity index (χ0) is 21.3. The first kappa shape index (κ1) is 19.5. The molecule has 0 radical (unpaired) electrons. The number of fused-ring (bicyclic) bond motifs is 1. The van der Waals surface area contributed by atoms with Crippen LogP contribution < -0.4 is 10.4 Å². The van der Waals surface area contributed by atoms with E-state index in [-0.39, 0.29) is 6.61 Å². The molecule has 30 heavy (non-hydrogen) atoms. The van der Waals surface area contributed by atoms with Gasteiger partial charge in [-0.2, -0.15) is 0 Å². The normalized spacial score (nSPS) is 10.9. The van der Waals surface area contributed by atoms with E-state index >= 15 is 0 Å². The molecule has 6 nitrogen and oxygen atoms in total. The lowest BCUT2D eigenvalue weighted by Crippen LogP contribution is -2.08. The summed E-state index contributed by atoms with van der Waals surface area (Å²) in [5, 5.41) is 0.692. The highest BCUT2D eigenvalue weighted by molar-refractivity contribution is 5.90. The van der Waals surface area contributed by atoms with Crippen molar-refractivity contribution in [3.05, 3.63) is 93.6 Å². The van der Waals surface area contributed by atoms with Crippen LogP contribution in [0.4, 0.5) is 0 Å². The summed E-state index contributed by atoms with van der Waals surface area (Å²) in [6.07, 6.45) is 0. The molecular weight excluding hydrogens is 382 g/mol. The fraction of sp³-hybridized carbons (Fsp3) is 0.167. The highest BCUT2D eigenvalue weighted by Gasteiger charge is 2.12. The predicted octanol–water partition coefficient (Wildman–Crippen LogP) is 4.57. The summed E-state index contributed by atoms with van der Waals surface area (Å²) in [7, 11) is 1.54. The fourth-order valence-corrected chi connectivity index (χ4v) is 3.51. The molecule has 0 aliphatic rings. The van der Waals surface area contributed by atoms with Gasteiger partial charge >= 0.3 is 11.6 Å². The second-order valence-electron chi connectivity index (χ2n) is 7.03. The van der Waals surface area contributed by atoms with Crippen LogP contribution >= 0.6 is 0 Å². The molecule has 2 heterocycles. The van der Waals surface area contributed by atoms with Gasteiger partial charge in [0.25, 0.3) is 0 Å². The van der Waals surface area contributed by atoms with E-state index < -0.39 is 11.6 Å². The number of nitrogens with zero attached hydrogens (tertiary/aromatic N) is 1. The third-order valence-corrected chi connectivity index (χ3v) is 5.03. The van der Waals surface area contributed by atoms with Gasteiger partial charge in [0.15, 0.2) is 0 Å². The molecule has 152 valence electrons. The van der Waals surface area contributed by atoms with Gasteiger partial charge in [-0.25, -0.2) is 9.59 Å². The first-order valence-corrected chi connectivity index (χ1v) is 9.49. The van der Waals surface area contributed by atoms with Crippen LogP contribution in [0.5, 0.6) is 5.75 Å². The molecule has 0 amide bonds. The quantitative estimate of drug-likeness (QED) is 0.361. The number of rotatable bonds is 5. The summed E-state index contributed by atoms with van der Waals surface area (Å²) in [4.78, 5) is 24.4. The van der Waals surface area contributed by atoms with E-state index in [0.717, 1.165) is 17.1 Å². The first-order chi connectivity index (χ1) is 14.5. The first-order valence-electron chi connectivity index (χ1n) is 9.49. The van der Waals surface area contributed by atoms with E-state index in [0.29, 0.717) is 27.8 Å². The molecule has 0 unspecified atom stereocenters. The largest absolute Gasteiger partial charge is 0.497 e. The Morgan fingerprint density at radius 1 is 0.967 bits per heavy atom. The number of esters is 1. The molecule has 0 fully saturated rings. The number of ether oxygens (including phenoxy) is 2. The Morgan fingerprint density at radius 2 is 1.67 bits per heavy atom. The number of aromatic nitrogens is 1. The average molecular weight is 403 g/mol. The number of hydrogen-bond acceptors (Lipinski definition) is 5.